The highest BCUT2D eigenvalue weighted by atomic mass is 35.5. The molecular weight excluding hydrogens is 261 g/mol. The molecule has 0 spiro atoms. The van der Waals surface area contributed by atoms with Crippen LogP contribution in [0, 0.1) is 5.82 Å². The van der Waals surface area contributed by atoms with Crippen LogP contribution in [0.2, 0.25) is 5.02 Å². The Kier molecular flexibility index (Phi) is 5.58. The highest BCUT2D eigenvalue weighted by molar-refractivity contribution is 6.30. The fourth-order valence-corrected chi connectivity index (χ4v) is 1.61. The summed E-state index contributed by atoms with van der Waals surface area (Å²) in [5.74, 6) is -1.86. The van der Waals surface area contributed by atoms with Gasteiger partial charge in [-0.2, -0.15) is 0 Å². The summed E-state index contributed by atoms with van der Waals surface area (Å²) in [6.45, 7) is -0.374. The standard InChI is InChI=1S/C12H13ClFNO3/c13-9-6-8(4-5-10(9)14)2-1-3-11(16)15-7-12(17)18/h4-6H,1-3,7H2,(H,15,16)(H,17,18). The number of aliphatic carboxylic acids is 1. The van der Waals surface area contributed by atoms with Gasteiger partial charge in [0, 0.05) is 6.42 Å². The Labute approximate surface area is 109 Å². The zero-order valence-electron chi connectivity index (χ0n) is 9.58. The summed E-state index contributed by atoms with van der Waals surface area (Å²) in [5.41, 5.74) is 0.840. The molecule has 98 valence electrons. The maximum atomic E-state index is 12.9. The Balaban J connectivity index is 2.30. The molecule has 0 aliphatic heterocycles. The van der Waals surface area contributed by atoms with Crippen molar-refractivity contribution in [2.75, 3.05) is 6.54 Å². The van der Waals surface area contributed by atoms with Crippen molar-refractivity contribution in [1.29, 1.82) is 0 Å². The molecule has 0 aromatic heterocycles. The highest BCUT2D eigenvalue weighted by Gasteiger charge is 2.05. The van der Waals surface area contributed by atoms with E-state index in [9.17, 15) is 14.0 Å². The number of rotatable bonds is 6. The van der Waals surface area contributed by atoms with Crippen molar-refractivity contribution >= 4 is 23.5 Å². The average Bonchev–Trinajstić information content (AvgIpc) is 2.31. The summed E-state index contributed by atoms with van der Waals surface area (Å²) < 4.78 is 12.9. The van der Waals surface area contributed by atoms with Gasteiger partial charge in [0.25, 0.3) is 0 Å². The second kappa shape index (κ2) is 6.96. The van der Waals surface area contributed by atoms with Gasteiger partial charge in [-0.25, -0.2) is 4.39 Å². The largest absolute Gasteiger partial charge is 0.480 e. The molecule has 0 bridgehead atoms. The number of carbonyl (C=O) groups is 2. The van der Waals surface area contributed by atoms with Gasteiger partial charge in [-0.3, -0.25) is 9.59 Å². The fourth-order valence-electron chi connectivity index (χ4n) is 1.41. The van der Waals surface area contributed by atoms with Gasteiger partial charge in [0.05, 0.1) is 5.02 Å². The van der Waals surface area contributed by atoms with E-state index >= 15 is 0 Å². The number of carbonyl (C=O) groups excluding carboxylic acids is 1. The summed E-state index contributed by atoms with van der Waals surface area (Å²) >= 11 is 5.62. The molecule has 18 heavy (non-hydrogen) atoms. The number of halogens is 2. The van der Waals surface area contributed by atoms with Gasteiger partial charge in [-0.1, -0.05) is 17.7 Å². The van der Waals surface area contributed by atoms with Crippen LogP contribution in [0.25, 0.3) is 0 Å². The molecule has 0 radical (unpaired) electrons. The van der Waals surface area contributed by atoms with E-state index in [2.05, 4.69) is 5.32 Å². The quantitative estimate of drug-likeness (QED) is 0.833. The third kappa shape index (κ3) is 5.14. The van der Waals surface area contributed by atoms with Gasteiger partial charge < -0.3 is 10.4 Å². The minimum atomic E-state index is -1.08. The number of amides is 1. The van der Waals surface area contributed by atoms with Crippen LogP contribution in [0.1, 0.15) is 18.4 Å². The summed E-state index contributed by atoms with van der Waals surface area (Å²) in [7, 11) is 0. The molecule has 2 N–H and O–H groups in total. The van der Waals surface area contributed by atoms with E-state index in [1.165, 1.54) is 12.1 Å². The Morgan fingerprint density at radius 3 is 2.72 bits per heavy atom. The van der Waals surface area contributed by atoms with Crippen molar-refractivity contribution in [3.8, 4) is 0 Å². The smallest absolute Gasteiger partial charge is 0.322 e. The zero-order valence-corrected chi connectivity index (χ0v) is 10.3. The SMILES string of the molecule is O=C(O)CNC(=O)CCCc1ccc(F)c(Cl)c1. The van der Waals surface area contributed by atoms with Crippen LogP contribution in [0.4, 0.5) is 4.39 Å². The number of hydrogen-bond donors (Lipinski definition) is 2. The molecular formula is C12H13ClFNO3. The summed E-state index contributed by atoms with van der Waals surface area (Å²) in [6, 6.07) is 4.41. The maximum absolute atomic E-state index is 12.9. The van der Waals surface area contributed by atoms with Gasteiger partial charge in [0.1, 0.15) is 12.4 Å². The Hall–Kier alpha value is -1.62. The summed E-state index contributed by atoms with van der Waals surface area (Å²) in [4.78, 5) is 21.4. The molecule has 1 amide bonds. The van der Waals surface area contributed by atoms with Crippen molar-refractivity contribution in [2.45, 2.75) is 19.3 Å². The highest BCUT2D eigenvalue weighted by Crippen LogP contribution is 2.17. The summed E-state index contributed by atoms with van der Waals surface area (Å²) in [6.07, 6.45) is 1.36. The average molecular weight is 274 g/mol. The second-order valence-corrected chi connectivity index (χ2v) is 4.18. The topological polar surface area (TPSA) is 66.4 Å². The van der Waals surface area contributed by atoms with Crippen LogP contribution in [-0.2, 0) is 16.0 Å². The first-order valence-corrected chi connectivity index (χ1v) is 5.79. The van der Waals surface area contributed by atoms with Crippen LogP contribution in [0.15, 0.2) is 18.2 Å². The predicted molar refractivity (Wildman–Crippen MR) is 65.0 cm³/mol. The molecule has 1 aromatic rings. The second-order valence-electron chi connectivity index (χ2n) is 3.77. The van der Waals surface area contributed by atoms with Gasteiger partial charge in [-0.15, -0.1) is 0 Å². The lowest BCUT2D eigenvalue weighted by molar-refractivity contribution is -0.137. The monoisotopic (exact) mass is 273 g/mol. The number of carboxylic acid groups (broad SMARTS) is 1. The number of carboxylic acids is 1. The van der Waals surface area contributed by atoms with Gasteiger partial charge in [0.2, 0.25) is 5.91 Å². The molecule has 0 aliphatic rings. The molecule has 0 heterocycles. The number of nitrogens with one attached hydrogen (secondary N) is 1. The van der Waals surface area contributed by atoms with E-state index in [0.29, 0.717) is 12.8 Å². The van der Waals surface area contributed by atoms with Crippen molar-refractivity contribution in [2.24, 2.45) is 0 Å². The summed E-state index contributed by atoms with van der Waals surface area (Å²) in [5, 5.41) is 10.7. The van der Waals surface area contributed by atoms with Gasteiger partial charge in [-0.05, 0) is 30.5 Å². The fraction of sp³-hybridized carbons (Fsp3) is 0.333. The first kappa shape index (κ1) is 14.4. The van der Waals surface area contributed by atoms with Crippen LogP contribution >= 0.6 is 11.6 Å². The van der Waals surface area contributed by atoms with Crippen LogP contribution < -0.4 is 5.32 Å². The molecule has 0 fully saturated rings. The minimum absolute atomic E-state index is 0.0582. The Morgan fingerprint density at radius 2 is 2.11 bits per heavy atom. The first-order chi connectivity index (χ1) is 8.49. The Bertz CT molecular complexity index is 451. The lowest BCUT2D eigenvalue weighted by Gasteiger charge is -2.03. The minimum Gasteiger partial charge on any atom is -0.480 e. The predicted octanol–water partition coefficient (Wildman–Crippen LogP) is 2.00. The maximum Gasteiger partial charge on any atom is 0.322 e. The molecule has 0 aliphatic carbocycles. The number of hydrogen-bond acceptors (Lipinski definition) is 2. The van der Waals surface area contributed by atoms with Crippen molar-refractivity contribution in [3.63, 3.8) is 0 Å². The van der Waals surface area contributed by atoms with Crippen molar-refractivity contribution < 1.29 is 19.1 Å². The van der Waals surface area contributed by atoms with Crippen LogP contribution in [0.5, 0.6) is 0 Å². The van der Waals surface area contributed by atoms with Gasteiger partial charge in [0.15, 0.2) is 0 Å². The Morgan fingerprint density at radius 1 is 1.39 bits per heavy atom. The normalized spacial score (nSPS) is 10.1. The van der Waals surface area contributed by atoms with E-state index in [1.807, 2.05) is 0 Å². The molecule has 0 saturated carbocycles. The van der Waals surface area contributed by atoms with E-state index in [1.54, 1.807) is 6.07 Å². The number of aryl methyl sites for hydroxylation is 1. The molecule has 1 rings (SSSR count). The molecule has 6 heteroatoms. The van der Waals surface area contributed by atoms with E-state index in [0.717, 1.165) is 5.56 Å². The van der Waals surface area contributed by atoms with E-state index < -0.39 is 11.8 Å². The zero-order chi connectivity index (χ0) is 13.5. The van der Waals surface area contributed by atoms with Crippen molar-refractivity contribution in [3.05, 3.63) is 34.6 Å². The van der Waals surface area contributed by atoms with Crippen LogP contribution in [-0.4, -0.2) is 23.5 Å². The van der Waals surface area contributed by atoms with Crippen LogP contribution in [0.3, 0.4) is 0 Å². The van der Waals surface area contributed by atoms with E-state index in [4.69, 9.17) is 16.7 Å². The molecule has 0 unspecified atom stereocenters. The van der Waals surface area contributed by atoms with Gasteiger partial charge >= 0.3 is 5.97 Å². The van der Waals surface area contributed by atoms with Crippen molar-refractivity contribution in [1.82, 2.24) is 5.32 Å². The third-order valence-electron chi connectivity index (χ3n) is 2.29. The number of benzene rings is 1. The third-order valence-corrected chi connectivity index (χ3v) is 2.58. The molecule has 1 aromatic carbocycles. The first-order valence-electron chi connectivity index (χ1n) is 5.41. The van der Waals surface area contributed by atoms with E-state index in [-0.39, 0.29) is 23.9 Å². The molecule has 0 atom stereocenters. The lowest BCUT2D eigenvalue weighted by Crippen LogP contribution is -2.28. The molecule has 0 saturated heterocycles. The lowest BCUT2D eigenvalue weighted by atomic mass is 10.1. The molecule has 4 nitrogen and oxygen atoms in total.